The van der Waals surface area contributed by atoms with Crippen LogP contribution in [0.25, 0.3) is 10.9 Å². The van der Waals surface area contributed by atoms with Crippen LogP contribution in [0.2, 0.25) is 0 Å². The number of benzene rings is 1. The summed E-state index contributed by atoms with van der Waals surface area (Å²) >= 11 is 1.71. The summed E-state index contributed by atoms with van der Waals surface area (Å²) in [5.74, 6) is 0. The Morgan fingerprint density at radius 1 is 1.29 bits per heavy atom. The molecular formula is C17H21N3S. The van der Waals surface area contributed by atoms with Crippen molar-refractivity contribution in [1.82, 2.24) is 14.9 Å². The van der Waals surface area contributed by atoms with E-state index in [1.807, 2.05) is 0 Å². The van der Waals surface area contributed by atoms with Crippen molar-refractivity contribution in [2.45, 2.75) is 39.9 Å². The van der Waals surface area contributed by atoms with Gasteiger partial charge in [-0.3, -0.25) is 0 Å². The molecule has 110 valence electrons. The highest BCUT2D eigenvalue weighted by atomic mass is 32.1. The van der Waals surface area contributed by atoms with Gasteiger partial charge in [-0.05, 0) is 30.0 Å². The van der Waals surface area contributed by atoms with Crippen molar-refractivity contribution in [2.24, 2.45) is 0 Å². The average Bonchev–Trinajstić information content (AvgIpc) is 3.04. The Morgan fingerprint density at radius 3 is 2.86 bits per heavy atom. The lowest BCUT2D eigenvalue weighted by atomic mass is 10.1. The molecule has 0 aliphatic heterocycles. The van der Waals surface area contributed by atoms with E-state index in [-0.39, 0.29) is 0 Å². The zero-order valence-electron chi connectivity index (χ0n) is 12.8. The van der Waals surface area contributed by atoms with Gasteiger partial charge in [0, 0.05) is 29.7 Å². The summed E-state index contributed by atoms with van der Waals surface area (Å²) in [7, 11) is 0. The minimum Gasteiger partial charge on any atom is -0.341 e. The van der Waals surface area contributed by atoms with Gasteiger partial charge >= 0.3 is 0 Å². The number of nitrogens with one attached hydrogen (secondary N) is 1. The molecule has 3 nitrogen and oxygen atoms in total. The first-order valence-corrected chi connectivity index (χ1v) is 8.22. The molecule has 0 radical (unpaired) electrons. The van der Waals surface area contributed by atoms with Gasteiger partial charge in [-0.15, -0.1) is 11.3 Å². The molecule has 2 aromatic heterocycles. The number of aryl methyl sites for hydroxylation is 1. The van der Waals surface area contributed by atoms with E-state index < -0.39 is 0 Å². The van der Waals surface area contributed by atoms with Crippen molar-refractivity contribution in [2.75, 3.05) is 0 Å². The van der Waals surface area contributed by atoms with E-state index in [0.717, 1.165) is 23.8 Å². The molecule has 0 spiro atoms. The van der Waals surface area contributed by atoms with Crippen molar-refractivity contribution < 1.29 is 0 Å². The molecule has 3 rings (SSSR count). The average molecular weight is 299 g/mol. The van der Waals surface area contributed by atoms with Crippen LogP contribution in [0, 0.1) is 6.92 Å². The van der Waals surface area contributed by atoms with Gasteiger partial charge in [-0.2, -0.15) is 0 Å². The van der Waals surface area contributed by atoms with E-state index in [1.54, 1.807) is 11.3 Å². The van der Waals surface area contributed by atoms with E-state index in [4.69, 9.17) is 0 Å². The standard InChI is InChI=1S/C17H21N3S/c1-12(2)18-9-14-4-5-15-6-7-20(17(15)8-14)10-16-11-21-13(3)19-16/h4-8,11-12,18H,9-10H2,1-3H3. The van der Waals surface area contributed by atoms with Gasteiger partial charge in [-0.1, -0.05) is 26.0 Å². The van der Waals surface area contributed by atoms with Crippen molar-refractivity contribution >= 4 is 22.2 Å². The molecule has 0 bridgehead atoms. The van der Waals surface area contributed by atoms with E-state index in [2.05, 4.69) is 71.5 Å². The highest BCUT2D eigenvalue weighted by Gasteiger charge is 2.05. The van der Waals surface area contributed by atoms with E-state index >= 15 is 0 Å². The summed E-state index contributed by atoms with van der Waals surface area (Å²) in [5, 5.41) is 8.03. The number of fused-ring (bicyclic) bond motifs is 1. The van der Waals surface area contributed by atoms with Crippen LogP contribution in [0.15, 0.2) is 35.8 Å². The minimum absolute atomic E-state index is 0.505. The second-order valence-corrected chi connectivity index (χ2v) is 6.79. The summed E-state index contributed by atoms with van der Waals surface area (Å²) < 4.78 is 2.28. The molecule has 21 heavy (non-hydrogen) atoms. The maximum absolute atomic E-state index is 4.56. The van der Waals surface area contributed by atoms with Crippen LogP contribution in [0.1, 0.15) is 30.1 Å². The Kier molecular flexibility index (Phi) is 4.08. The monoisotopic (exact) mass is 299 g/mol. The number of hydrogen-bond donors (Lipinski definition) is 1. The molecule has 0 amide bonds. The smallest absolute Gasteiger partial charge is 0.0898 e. The molecule has 0 aliphatic carbocycles. The number of thiazole rings is 1. The molecule has 0 unspecified atom stereocenters. The number of aromatic nitrogens is 2. The lowest BCUT2D eigenvalue weighted by molar-refractivity contribution is 0.589. The van der Waals surface area contributed by atoms with Crippen LogP contribution >= 0.6 is 11.3 Å². The fraction of sp³-hybridized carbons (Fsp3) is 0.353. The highest BCUT2D eigenvalue weighted by Crippen LogP contribution is 2.20. The van der Waals surface area contributed by atoms with Crippen molar-refractivity contribution in [3.63, 3.8) is 0 Å². The molecule has 3 aromatic rings. The molecule has 1 N–H and O–H groups in total. The molecule has 0 saturated heterocycles. The van der Waals surface area contributed by atoms with Crippen LogP contribution in [0.4, 0.5) is 0 Å². The normalized spacial score (nSPS) is 11.6. The predicted octanol–water partition coefficient (Wildman–Crippen LogP) is 3.95. The largest absolute Gasteiger partial charge is 0.341 e. The molecular weight excluding hydrogens is 278 g/mol. The van der Waals surface area contributed by atoms with Crippen LogP contribution < -0.4 is 5.32 Å². The molecule has 0 aliphatic rings. The number of hydrogen-bond acceptors (Lipinski definition) is 3. The molecule has 0 saturated carbocycles. The second-order valence-electron chi connectivity index (χ2n) is 5.73. The summed E-state index contributed by atoms with van der Waals surface area (Å²) in [5.41, 5.74) is 3.75. The Bertz CT molecular complexity index is 739. The zero-order valence-corrected chi connectivity index (χ0v) is 13.6. The van der Waals surface area contributed by atoms with Crippen LogP contribution in [0.3, 0.4) is 0 Å². The zero-order chi connectivity index (χ0) is 14.8. The summed E-state index contributed by atoms with van der Waals surface area (Å²) in [6.45, 7) is 8.15. The van der Waals surface area contributed by atoms with Gasteiger partial charge in [0.05, 0.1) is 17.2 Å². The summed E-state index contributed by atoms with van der Waals surface area (Å²) in [4.78, 5) is 4.56. The Labute approximate surface area is 129 Å². The highest BCUT2D eigenvalue weighted by molar-refractivity contribution is 7.09. The first kappa shape index (κ1) is 14.3. The van der Waals surface area contributed by atoms with Crippen LogP contribution in [0.5, 0.6) is 0 Å². The Balaban J connectivity index is 1.86. The SMILES string of the molecule is Cc1nc(Cn2ccc3ccc(CNC(C)C)cc32)cs1. The van der Waals surface area contributed by atoms with E-state index in [1.165, 1.54) is 16.5 Å². The summed E-state index contributed by atoms with van der Waals surface area (Å²) in [6.07, 6.45) is 2.15. The van der Waals surface area contributed by atoms with Gasteiger partial charge in [0.25, 0.3) is 0 Å². The third-order valence-corrected chi connectivity index (χ3v) is 4.37. The van der Waals surface area contributed by atoms with Gasteiger partial charge in [-0.25, -0.2) is 4.98 Å². The first-order valence-electron chi connectivity index (χ1n) is 7.34. The Hall–Kier alpha value is -1.65. The van der Waals surface area contributed by atoms with Gasteiger partial charge in [0.15, 0.2) is 0 Å². The van der Waals surface area contributed by atoms with Crippen molar-refractivity contribution in [1.29, 1.82) is 0 Å². The van der Waals surface area contributed by atoms with E-state index in [0.29, 0.717) is 6.04 Å². The Morgan fingerprint density at radius 2 is 2.14 bits per heavy atom. The molecule has 1 aromatic carbocycles. The molecule has 0 atom stereocenters. The number of nitrogens with zero attached hydrogens (tertiary/aromatic N) is 2. The number of rotatable bonds is 5. The molecule has 4 heteroatoms. The van der Waals surface area contributed by atoms with Crippen molar-refractivity contribution in [3.8, 4) is 0 Å². The second kappa shape index (κ2) is 6.00. The van der Waals surface area contributed by atoms with Crippen LogP contribution in [-0.4, -0.2) is 15.6 Å². The van der Waals surface area contributed by atoms with Crippen LogP contribution in [-0.2, 0) is 13.1 Å². The fourth-order valence-electron chi connectivity index (χ4n) is 2.45. The van der Waals surface area contributed by atoms with Gasteiger partial charge < -0.3 is 9.88 Å². The topological polar surface area (TPSA) is 29.9 Å². The lowest BCUT2D eigenvalue weighted by Crippen LogP contribution is -2.21. The quantitative estimate of drug-likeness (QED) is 0.773. The maximum atomic E-state index is 4.56. The third kappa shape index (κ3) is 3.34. The van der Waals surface area contributed by atoms with Gasteiger partial charge in [0.1, 0.15) is 0 Å². The molecule has 2 heterocycles. The van der Waals surface area contributed by atoms with Crippen molar-refractivity contribution in [3.05, 3.63) is 52.1 Å². The predicted molar refractivity (Wildman–Crippen MR) is 89.9 cm³/mol. The fourth-order valence-corrected chi connectivity index (χ4v) is 3.06. The third-order valence-electron chi connectivity index (χ3n) is 3.55. The van der Waals surface area contributed by atoms with E-state index in [9.17, 15) is 0 Å². The first-order chi connectivity index (χ1) is 10.1. The molecule has 0 fully saturated rings. The lowest BCUT2D eigenvalue weighted by Gasteiger charge is -2.09. The van der Waals surface area contributed by atoms with Gasteiger partial charge in [0.2, 0.25) is 0 Å². The maximum Gasteiger partial charge on any atom is 0.0898 e. The summed E-state index contributed by atoms with van der Waals surface area (Å²) in [6, 6.07) is 9.37. The minimum atomic E-state index is 0.505.